The fourth-order valence-corrected chi connectivity index (χ4v) is 2.14. The first kappa shape index (κ1) is 12.8. The summed E-state index contributed by atoms with van der Waals surface area (Å²) in [5, 5.41) is 0. The second kappa shape index (κ2) is 5.32. The maximum absolute atomic E-state index is 5.21. The van der Waals surface area contributed by atoms with Gasteiger partial charge in [-0.3, -0.25) is 0 Å². The topological polar surface area (TPSA) is 13.1 Å². The number of pyridine rings is 1. The van der Waals surface area contributed by atoms with E-state index in [0.29, 0.717) is 6.61 Å². The summed E-state index contributed by atoms with van der Waals surface area (Å²) in [6.07, 6.45) is 2.10. The molecule has 2 aromatic rings. The Morgan fingerprint density at radius 1 is 1.11 bits per heavy atom. The molecular weight excluding hydrogens is 222 g/mol. The largest absolute Gasteiger partial charge is 0.380 e. The average Bonchev–Trinajstić information content (AvgIpc) is 2.35. The van der Waals surface area contributed by atoms with Crippen molar-refractivity contribution in [1.82, 2.24) is 0 Å². The molecule has 0 N–H and O–H groups in total. The van der Waals surface area contributed by atoms with Gasteiger partial charge in [-0.15, -0.1) is 0 Å². The minimum atomic E-state index is 0.656. The standard InChI is InChI=1S/C16H20NO/c1-12-7-8-17(3)16(9-12)15-10-14(11-18-4)6-5-13(15)2/h5-10H,11H2,1-4H3/q+1. The minimum Gasteiger partial charge on any atom is -0.380 e. The fraction of sp³-hybridized carbons (Fsp3) is 0.312. The van der Waals surface area contributed by atoms with Gasteiger partial charge in [-0.1, -0.05) is 12.1 Å². The van der Waals surface area contributed by atoms with Crippen LogP contribution in [-0.4, -0.2) is 7.11 Å². The van der Waals surface area contributed by atoms with E-state index in [-0.39, 0.29) is 0 Å². The van der Waals surface area contributed by atoms with Crippen molar-refractivity contribution in [2.24, 2.45) is 7.05 Å². The van der Waals surface area contributed by atoms with E-state index in [1.54, 1.807) is 7.11 Å². The highest BCUT2D eigenvalue weighted by molar-refractivity contribution is 5.62. The summed E-state index contributed by atoms with van der Waals surface area (Å²) in [7, 11) is 3.81. The van der Waals surface area contributed by atoms with Gasteiger partial charge in [0.05, 0.1) is 6.61 Å². The second-order valence-electron chi connectivity index (χ2n) is 4.78. The molecular formula is C16H20NO+. The third-order valence-corrected chi connectivity index (χ3v) is 3.19. The summed E-state index contributed by atoms with van der Waals surface area (Å²) in [5.74, 6) is 0. The van der Waals surface area contributed by atoms with Crippen molar-refractivity contribution in [3.05, 3.63) is 53.2 Å². The van der Waals surface area contributed by atoms with Crippen LogP contribution in [-0.2, 0) is 18.4 Å². The Labute approximate surface area is 109 Å². The van der Waals surface area contributed by atoms with E-state index in [4.69, 9.17) is 4.74 Å². The van der Waals surface area contributed by atoms with Gasteiger partial charge < -0.3 is 4.74 Å². The van der Waals surface area contributed by atoms with Gasteiger partial charge in [0.15, 0.2) is 6.20 Å². The van der Waals surface area contributed by atoms with Crippen molar-refractivity contribution >= 4 is 0 Å². The van der Waals surface area contributed by atoms with Crippen molar-refractivity contribution in [2.45, 2.75) is 20.5 Å². The lowest BCUT2D eigenvalue weighted by Gasteiger charge is -2.08. The molecule has 0 aliphatic carbocycles. The zero-order valence-corrected chi connectivity index (χ0v) is 11.5. The number of benzene rings is 1. The molecule has 0 spiro atoms. The predicted octanol–water partition coefficient (Wildman–Crippen LogP) is 2.94. The second-order valence-corrected chi connectivity index (χ2v) is 4.78. The highest BCUT2D eigenvalue weighted by Crippen LogP contribution is 2.22. The molecule has 18 heavy (non-hydrogen) atoms. The van der Waals surface area contributed by atoms with E-state index >= 15 is 0 Å². The molecule has 1 aromatic carbocycles. The molecule has 0 radical (unpaired) electrons. The van der Waals surface area contributed by atoms with Crippen LogP contribution in [0.15, 0.2) is 36.5 Å². The van der Waals surface area contributed by atoms with Crippen molar-refractivity contribution in [1.29, 1.82) is 0 Å². The maximum Gasteiger partial charge on any atom is 0.212 e. The normalized spacial score (nSPS) is 10.7. The summed E-state index contributed by atoms with van der Waals surface area (Å²) in [6, 6.07) is 10.8. The van der Waals surface area contributed by atoms with Crippen molar-refractivity contribution in [3.63, 3.8) is 0 Å². The summed E-state index contributed by atoms with van der Waals surface area (Å²) in [5.41, 5.74) is 6.29. The van der Waals surface area contributed by atoms with Gasteiger partial charge in [-0.25, -0.2) is 4.57 Å². The van der Waals surface area contributed by atoms with Crippen molar-refractivity contribution < 1.29 is 9.30 Å². The van der Waals surface area contributed by atoms with E-state index in [1.807, 2.05) is 0 Å². The quantitative estimate of drug-likeness (QED) is 0.754. The van der Waals surface area contributed by atoms with Crippen LogP contribution in [0.2, 0.25) is 0 Å². The third-order valence-electron chi connectivity index (χ3n) is 3.19. The van der Waals surface area contributed by atoms with Gasteiger partial charge in [0.1, 0.15) is 7.05 Å². The monoisotopic (exact) mass is 242 g/mol. The number of hydrogen-bond acceptors (Lipinski definition) is 1. The molecule has 0 atom stereocenters. The van der Waals surface area contributed by atoms with Gasteiger partial charge in [0.2, 0.25) is 5.69 Å². The summed E-state index contributed by atoms with van der Waals surface area (Å²) in [4.78, 5) is 0. The van der Waals surface area contributed by atoms with Gasteiger partial charge in [-0.05, 0) is 36.6 Å². The van der Waals surface area contributed by atoms with E-state index in [0.717, 1.165) is 0 Å². The number of rotatable bonds is 3. The fourth-order valence-electron chi connectivity index (χ4n) is 2.14. The number of hydrogen-bond donors (Lipinski definition) is 0. The van der Waals surface area contributed by atoms with Crippen LogP contribution >= 0.6 is 0 Å². The molecule has 2 heteroatoms. The molecule has 0 amide bonds. The molecule has 0 aliphatic rings. The summed E-state index contributed by atoms with van der Waals surface area (Å²) < 4.78 is 7.36. The number of aryl methyl sites for hydroxylation is 3. The average molecular weight is 242 g/mol. The van der Waals surface area contributed by atoms with Crippen LogP contribution in [0.4, 0.5) is 0 Å². The lowest BCUT2D eigenvalue weighted by molar-refractivity contribution is -0.660. The highest BCUT2D eigenvalue weighted by atomic mass is 16.5. The Morgan fingerprint density at radius 2 is 1.89 bits per heavy atom. The Balaban J connectivity index is 2.55. The van der Waals surface area contributed by atoms with Crippen LogP contribution in [0.1, 0.15) is 16.7 Å². The third kappa shape index (κ3) is 2.59. The Bertz CT molecular complexity index is 561. The van der Waals surface area contributed by atoms with Gasteiger partial charge in [-0.2, -0.15) is 0 Å². The van der Waals surface area contributed by atoms with Gasteiger partial charge in [0, 0.05) is 24.8 Å². The van der Waals surface area contributed by atoms with Crippen LogP contribution < -0.4 is 4.57 Å². The molecule has 0 aliphatic heterocycles. The van der Waals surface area contributed by atoms with E-state index < -0.39 is 0 Å². The summed E-state index contributed by atoms with van der Waals surface area (Å²) in [6.45, 7) is 4.93. The molecule has 0 unspecified atom stereocenters. The van der Waals surface area contributed by atoms with Crippen molar-refractivity contribution in [2.75, 3.05) is 7.11 Å². The molecule has 0 fully saturated rings. The van der Waals surface area contributed by atoms with Crippen LogP contribution in [0.25, 0.3) is 11.3 Å². The number of nitrogens with zero attached hydrogens (tertiary/aromatic N) is 1. The predicted molar refractivity (Wildman–Crippen MR) is 73.2 cm³/mol. The Morgan fingerprint density at radius 3 is 2.61 bits per heavy atom. The van der Waals surface area contributed by atoms with E-state index in [1.165, 1.54) is 27.9 Å². The molecule has 0 bridgehead atoms. The number of ether oxygens (including phenoxy) is 1. The first-order valence-electron chi connectivity index (χ1n) is 6.17. The molecule has 0 saturated heterocycles. The zero-order chi connectivity index (χ0) is 13.1. The van der Waals surface area contributed by atoms with E-state index in [2.05, 4.69) is 62.0 Å². The Hall–Kier alpha value is -1.67. The lowest BCUT2D eigenvalue weighted by Crippen LogP contribution is -2.30. The molecule has 2 nitrogen and oxygen atoms in total. The highest BCUT2D eigenvalue weighted by Gasteiger charge is 2.13. The van der Waals surface area contributed by atoms with E-state index in [9.17, 15) is 0 Å². The Kier molecular flexibility index (Phi) is 3.78. The van der Waals surface area contributed by atoms with Crippen molar-refractivity contribution in [3.8, 4) is 11.3 Å². The molecule has 1 aromatic heterocycles. The van der Waals surface area contributed by atoms with Crippen LogP contribution in [0.5, 0.6) is 0 Å². The van der Waals surface area contributed by atoms with Gasteiger partial charge in [0.25, 0.3) is 0 Å². The zero-order valence-electron chi connectivity index (χ0n) is 11.5. The lowest BCUT2D eigenvalue weighted by atomic mass is 10.0. The maximum atomic E-state index is 5.21. The smallest absolute Gasteiger partial charge is 0.212 e. The van der Waals surface area contributed by atoms with Crippen LogP contribution in [0.3, 0.4) is 0 Å². The minimum absolute atomic E-state index is 0.656. The first-order chi connectivity index (χ1) is 8.61. The SMILES string of the molecule is COCc1ccc(C)c(-c2cc(C)cc[n+]2C)c1. The molecule has 1 heterocycles. The van der Waals surface area contributed by atoms with Crippen LogP contribution in [0, 0.1) is 13.8 Å². The molecule has 2 rings (SSSR count). The van der Waals surface area contributed by atoms with Gasteiger partial charge >= 0.3 is 0 Å². The number of aromatic nitrogens is 1. The number of methoxy groups -OCH3 is 1. The molecule has 94 valence electrons. The summed E-state index contributed by atoms with van der Waals surface area (Å²) >= 11 is 0. The first-order valence-corrected chi connectivity index (χ1v) is 6.17. The molecule has 0 saturated carbocycles.